The Morgan fingerprint density at radius 2 is 1.88 bits per heavy atom. The number of rotatable bonds is 14. The molecule has 0 radical (unpaired) electrons. The average molecular weight is 709 g/mol. The lowest BCUT2D eigenvalue weighted by molar-refractivity contribution is -0.203. The van der Waals surface area contributed by atoms with Crippen molar-refractivity contribution >= 4 is 44.4 Å². The number of sulfonamides is 1. The Kier molecular flexibility index (Phi) is 10.5. The zero-order valence-corrected chi connectivity index (χ0v) is 26.7. The van der Waals surface area contributed by atoms with Crippen molar-refractivity contribution in [1.29, 1.82) is 0 Å². The smallest absolute Gasteiger partial charge is 0.490 e. The molecule has 0 saturated carbocycles. The SMILES string of the molecule is CCn1c(-c2nonc2N)nc2c(-c3cccc(Cl)c3)ncc(OCCCNCCc3ccc(S(=O)(=O)NOC(=O)C(F)(F)F)cc3)c21. The second-order valence-electron chi connectivity index (χ2n) is 10.2. The molecule has 0 unspecified atom stereocenters. The fraction of sp³-hybridized carbons (Fsp3) is 0.276. The number of hydrogen-bond acceptors (Lipinski definition) is 12. The molecular formula is C29H28ClF3N8O6S. The molecule has 0 spiro atoms. The number of carbonyl (C=O) groups excluding carboxylic acids is 1. The third-order valence-corrected chi connectivity index (χ3v) is 8.36. The highest BCUT2D eigenvalue weighted by atomic mass is 35.5. The molecule has 2 aromatic carbocycles. The van der Waals surface area contributed by atoms with Gasteiger partial charge < -0.3 is 25.2 Å². The van der Waals surface area contributed by atoms with Crippen LogP contribution in [0, 0.1) is 0 Å². The van der Waals surface area contributed by atoms with Crippen molar-refractivity contribution in [3.05, 3.63) is 65.3 Å². The summed E-state index contributed by atoms with van der Waals surface area (Å²) in [6.45, 7) is 3.94. The highest BCUT2D eigenvalue weighted by molar-refractivity contribution is 7.89. The predicted molar refractivity (Wildman–Crippen MR) is 167 cm³/mol. The molecule has 5 rings (SSSR count). The molecule has 4 N–H and O–H groups in total. The van der Waals surface area contributed by atoms with Crippen molar-refractivity contribution in [3.63, 3.8) is 0 Å². The molecule has 0 aliphatic heterocycles. The molecular weight excluding hydrogens is 681 g/mol. The second-order valence-corrected chi connectivity index (χ2v) is 12.3. The van der Waals surface area contributed by atoms with E-state index in [2.05, 4.69) is 25.5 Å². The number of imidazole rings is 1. The number of aromatic nitrogens is 5. The van der Waals surface area contributed by atoms with Gasteiger partial charge in [0.1, 0.15) is 11.0 Å². The Hall–Kier alpha value is -4.78. The molecule has 0 aliphatic rings. The zero-order valence-electron chi connectivity index (χ0n) is 25.1. The summed E-state index contributed by atoms with van der Waals surface area (Å²) in [4.78, 5) is 24.7. The fourth-order valence-corrected chi connectivity index (χ4v) is 5.64. The topological polar surface area (TPSA) is 189 Å². The number of alkyl halides is 3. The van der Waals surface area contributed by atoms with Crippen molar-refractivity contribution in [2.24, 2.45) is 0 Å². The van der Waals surface area contributed by atoms with Crippen LogP contribution in [-0.2, 0) is 32.6 Å². The van der Waals surface area contributed by atoms with E-state index in [1.54, 1.807) is 18.3 Å². The highest BCUT2D eigenvalue weighted by Crippen LogP contribution is 2.37. The van der Waals surface area contributed by atoms with Crippen molar-refractivity contribution < 1.29 is 40.6 Å². The Morgan fingerprint density at radius 1 is 1.10 bits per heavy atom. The molecule has 0 bridgehead atoms. The first-order valence-corrected chi connectivity index (χ1v) is 16.2. The van der Waals surface area contributed by atoms with Gasteiger partial charge in [-0.25, -0.2) is 27.8 Å². The summed E-state index contributed by atoms with van der Waals surface area (Å²) in [6.07, 6.45) is -2.54. The molecule has 0 saturated heterocycles. The monoisotopic (exact) mass is 708 g/mol. The number of anilines is 1. The van der Waals surface area contributed by atoms with Crippen molar-refractivity contribution in [1.82, 2.24) is 35.1 Å². The zero-order chi connectivity index (χ0) is 34.5. The summed E-state index contributed by atoms with van der Waals surface area (Å²) in [6, 6.07) is 12.7. The van der Waals surface area contributed by atoms with Crippen LogP contribution < -0.4 is 20.7 Å². The maximum absolute atomic E-state index is 12.3. The first-order valence-electron chi connectivity index (χ1n) is 14.3. The second kappa shape index (κ2) is 14.5. The van der Waals surface area contributed by atoms with Gasteiger partial charge in [-0.05, 0) is 77.9 Å². The molecule has 0 atom stereocenters. The highest BCUT2D eigenvalue weighted by Gasteiger charge is 2.42. The van der Waals surface area contributed by atoms with E-state index in [0.29, 0.717) is 78.1 Å². The maximum atomic E-state index is 12.3. The number of carbonyl (C=O) groups is 1. The first-order chi connectivity index (χ1) is 22.9. The third-order valence-electron chi connectivity index (χ3n) is 6.93. The number of nitrogen functional groups attached to an aromatic ring is 1. The number of benzene rings is 2. The summed E-state index contributed by atoms with van der Waals surface area (Å²) < 4.78 is 73.8. The van der Waals surface area contributed by atoms with Crippen LogP contribution in [0.2, 0.25) is 5.02 Å². The Balaban J connectivity index is 1.18. The van der Waals surface area contributed by atoms with Gasteiger partial charge in [-0.15, -0.1) is 0 Å². The van der Waals surface area contributed by atoms with Gasteiger partial charge in [-0.1, -0.05) is 35.9 Å². The number of hydrogen-bond donors (Lipinski definition) is 3. The molecule has 19 heteroatoms. The van der Waals surface area contributed by atoms with Gasteiger partial charge in [-0.2, -0.15) is 13.2 Å². The summed E-state index contributed by atoms with van der Waals surface area (Å²) >= 11 is 6.25. The van der Waals surface area contributed by atoms with Crippen LogP contribution in [0.25, 0.3) is 33.8 Å². The standard InChI is InChI=1S/C29H28ClF3N8O6S/c1-2-41-25-21(16-36-22(18-5-3-6-19(30)15-18)23(25)37-27(41)24-26(34)39-47-38-24)45-14-4-12-35-13-11-17-7-9-20(10-8-17)48(43,44)40-46-28(42)29(31,32)33/h3,5-10,15-16,35,40H,2,4,11-14H2,1H3,(H2,34,39). The first kappa shape index (κ1) is 34.6. The fourth-order valence-electron chi connectivity index (χ4n) is 4.68. The summed E-state index contributed by atoms with van der Waals surface area (Å²) in [5.74, 6) is -1.63. The Labute approximate surface area is 276 Å². The molecule has 14 nitrogen and oxygen atoms in total. The molecule has 0 aliphatic carbocycles. The van der Waals surface area contributed by atoms with E-state index >= 15 is 0 Å². The lowest BCUT2D eigenvalue weighted by atomic mass is 10.1. The van der Waals surface area contributed by atoms with Gasteiger partial charge in [0.05, 0.1) is 23.4 Å². The van der Waals surface area contributed by atoms with Crippen molar-refractivity contribution in [2.45, 2.75) is 37.4 Å². The van der Waals surface area contributed by atoms with Gasteiger partial charge in [0.15, 0.2) is 23.1 Å². The summed E-state index contributed by atoms with van der Waals surface area (Å²) in [7, 11) is -4.49. The average Bonchev–Trinajstić information content (AvgIpc) is 3.66. The molecule has 0 fully saturated rings. The third kappa shape index (κ3) is 7.84. The van der Waals surface area contributed by atoms with E-state index in [1.807, 2.05) is 23.6 Å². The number of nitrogens with one attached hydrogen (secondary N) is 2. The number of fused-ring (bicyclic) bond motifs is 1. The molecule has 0 amide bonds. The van der Waals surface area contributed by atoms with E-state index < -0.39 is 22.2 Å². The van der Waals surface area contributed by atoms with Crippen LogP contribution in [0.1, 0.15) is 18.9 Å². The molecule has 254 valence electrons. The van der Waals surface area contributed by atoms with Crippen LogP contribution in [0.3, 0.4) is 0 Å². The largest absolute Gasteiger partial charge is 0.492 e. The van der Waals surface area contributed by atoms with E-state index in [4.69, 9.17) is 31.7 Å². The lowest BCUT2D eigenvalue weighted by Crippen LogP contribution is -2.34. The summed E-state index contributed by atoms with van der Waals surface area (Å²) in [5, 5.41) is 11.4. The van der Waals surface area contributed by atoms with Gasteiger partial charge in [-0.3, -0.25) is 0 Å². The quantitative estimate of drug-likeness (QED) is 0.110. The van der Waals surface area contributed by atoms with E-state index in [1.165, 1.54) is 29.2 Å². The van der Waals surface area contributed by atoms with Crippen LogP contribution >= 0.6 is 11.6 Å². The minimum atomic E-state index is -5.34. The van der Waals surface area contributed by atoms with Gasteiger partial charge >= 0.3 is 12.1 Å². The Morgan fingerprint density at radius 3 is 2.54 bits per heavy atom. The molecule has 3 aromatic heterocycles. The van der Waals surface area contributed by atoms with E-state index in [9.17, 15) is 26.4 Å². The van der Waals surface area contributed by atoms with Crippen LogP contribution in [0.5, 0.6) is 5.75 Å². The van der Waals surface area contributed by atoms with Crippen molar-refractivity contribution in [2.75, 3.05) is 25.4 Å². The van der Waals surface area contributed by atoms with E-state index in [-0.39, 0.29) is 10.7 Å². The number of nitrogens with zero attached hydrogens (tertiary/aromatic N) is 5. The van der Waals surface area contributed by atoms with E-state index in [0.717, 1.165) is 11.1 Å². The van der Waals surface area contributed by atoms with Gasteiger partial charge in [0, 0.05) is 17.1 Å². The predicted octanol–water partition coefficient (Wildman–Crippen LogP) is 4.30. The minimum Gasteiger partial charge on any atom is -0.490 e. The molecule has 5 aromatic rings. The van der Waals surface area contributed by atoms with Crippen LogP contribution in [0.15, 0.2) is 64.3 Å². The number of pyridine rings is 1. The number of ether oxygens (including phenoxy) is 1. The number of nitrogens with two attached hydrogens (primary N) is 1. The van der Waals surface area contributed by atoms with Crippen LogP contribution in [0.4, 0.5) is 19.0 Å². The number of aryl methyl sites for hydroxylation is 1. The maximum Gasteiger partial charge on any atom is 0.492 e. The normalized spacial score (nSPS) is 12.0. The number of halogens is 4. The molecule has 3 heterocycles. The molecule has 48 heavy (non-hydrogen) atoms. The Bertz CT molecular complexity index is 2020. The minimum absolute atomic E-state index is 0.0935. The van der Waals surface area contributed by atoms with Gasteiger partial charge in [0.2, 0.25) is 0 Å². The van der Waals surface area contributed by atoms with Crippen LogP contribution in [-0.4, -0.2) is 65.1 Å². The van der Waals surface area contributed by atoms with Gasteiger partial charge in [0.25, 0.3) is 10.0 Å². The van der Waals surface area contributed by atoms with Crippen molar-refractivity contribution in [3.8, 4) is 28.5 Å². The summed E-state index contributed by atoms with van der Waals surface area (Å²) in [5.41, 5.74) is 9.66. The lowest BCUT2D eigenvalue weighted by Gasteiger charge is -2.12.